The van der Waals surface area contributed by atoms with Crippen molar-refractivity contribution in [2.45, 2.75) is 17.6 Å². The van der Waals surface area contributed by atoms with E-state index >= 15 is 0 Å². The van der Waals surface area contributed by atoms with Gasteiger partial charge in [-0.25, -0.2) is 9.78 Å². The molecule has 0 saturated heterocycles. The normalized spacial score (nSPS) is 13.7. The number of carboxylic acid groups (broad SMARTS) is 1. The second kappa shape index (κ2) is 6.07. The third-order valence-electron chi connectivity index (χ3n) is 2.88. The van der Waals surface area contributed by atoms with Gasteiger partial charge in [-0.1, -0.05) is 30.3 Å². The monoisotopic (exact) mass is 289 g/mol. The van der Waals surface area contributed by atoms with Gasteiger partial charge in [-0.15, -0.1) is 11.8 Å². The van der Waals surface area contributed by atoms with Crippen molar-refractivity contribution in [1.29, 1.82) is 0 Å². The van der Waals surface area contributed by atoms with Crippen molar-refractivity contribution in [2.75, 3.05) is 5.75 Å². The highest BCUT2D eigenvalue weighted by Crippen LogP contribution is 2.28. The van der Waals surface area contributed by atoms with E-state index in [2.05, 4.69) is 4.98 Å². The summed E-state index contributed by atoms with van der Waals surface area (Å²) in [6.45, 7) is 1.75. The summed E-state index contributed by atoms with van der Waals surface area (Å²) < 4.78 is 0. The van der Waals surface area contributed by atoms with E-state index in [1.165, 1.54) is 24.0 Å². The molecule has 0 fully saturated rings. The van der Waals surface area contributed by atoms with Gasteiger partial charge in [0.05, 0.1) is 16.2 Å². The highest BCUT2D eigenvalue weighted by atomic mass is 32.2. The predicted octanol–water partition coefficient (Wildman–Crippen LogP) is 2.78. The van der Waals surface area contributed by atoms with E-state index in [1.807, 2.05) is 30.3 Å². The number of hydrogen-bond acceptors (Lipinski definition) is 4. The first-order valence-electron chi connectivity index (χ1n) is 6.09. The van der Waals surface area contributed by atoms with Crippen LogP contribution in [0.3, 0.4) is 0 Å². The highest BCUT2D eigenvalue weighted by Gasteiger charge is 2.23. The van der Waals surface area contributed by atoms with Crippen molar-refractivity contribution in [2.24, 2.45) is 0 Å². The Kier molecular flexibility index (Phi) is 4.42. The van der Waals surface area contributed by atoms with Gasteiger partial charge < -0.3 is 10.2 Å². The number of nitrogens with zero attached hydrogens (tertiary/aromatic N) is 1. The maximum absolute atomic E-state index is 10.7. The van der Waals surface area contributed by atoms with Crippen molar-refractivity contribution in [3.63, 3.8) is 0 Å². The number of aromatic nitrogens is 1. The molecule has 1 aromatic carbocycles. The summed E-state index contributed by atoms with van der Waals surface area (Å²) in [6.07, 6.45) is 1.32. The molecular weight excluding hydrogens is 274 g/mol. The number of pyridine rings is 1. The lowest BCUT2D eigenvalue weighted by Gasteiger charge is -2.23. The van der Waals surface area contributed by atoms with E-state index in [9.17, 15) is 9.90 Å². The second-order valence-electron chi connectivity index (χ2n) is 4.62. The molecule has 2 aromatic rings. The van der Waals surface area contributed by atoms with E-state index in [1.54, 1.807) is 13.0 Å². The molecular formula is C15H15NO3S. The Morgan fingerprint density at radius 1 is 1.25 bits per heavy atom. The minimum atomic E-state index is -0.995. The van der Waals surface area contributed by atoms with E-state index in [0.717, 1.165) is 5.56 Å². The smallest absolute Gasteiger partial charge is 0.337 e. The lowest BCUT2D eigenvalue weighted by atomic mass is 9.99. The van der Waals surface area contributed by atoms with Crippen LogP contribution >= 0.6 is 11.8 Å². The van der Waals surface area contributed by atoms with E-state index in [-0.39, 0.29) is 5.56 Å². The summed E-state index contributed by atoms with van der Waals surface area (Å²) in [5.41, 5.74) is 0.0397. The fraction of sp³-hybridized carbons (Fsp3) is 0.200. The number of rotatable bonds is 5. The number of aliphatic hydroxyl groups is 1. The molecule has 1 aromatic heterocycles. The van der Waals surface area contributed by atoms with Gasteiger partial charge in [-0.3, -0.25) is 0 Å². The summed E-state index contributed by atoms with van der Waals surface area (Å²) >= 11 is 1.39. The molecule has 1 atom stereocenters. The van der Waals surface area contributed by atoms with Crippen molar-refractivity contribution < 1.29 is 15.0 Å². The molecule has 1 heterocycles. The molecule has 2 rings (SSSR count). The molecule has 0 spiro atoms. The zero-order valence-electron chi connectivity index (χ0n) is 11.0. The van der Waals surface area contributed by atoms with E-state index < -0.39 is 11.6 Å². The molecule has 20 heavy (non-hydrogen) atoms. The Morgan fingerprint density at radius 3 is 2.50 bits per heavy atom. The van der Waals surface area contributed by atoms with Crippen LogP contribution in [-0.4, -0.2) is 26.9 Å². The molecule has 4 nitrogen and oxygen atoms in total. The molecule has 0 aliphatic rings. The fourth-order valence-corrected chi connectivity index (χ4v) is 2.57. The summed E-state index contributed by atoms with van der Waals surface area (Å²) in [7, 11) is 0. The molecule has 0 amide bonds. The van der Waals surface area contributed by atoms with Crippen LogP contribution in [0.4, 0.5) is 0 Å². The Labute approximate surface area is 121 Å². The number of hydrogen-bond donors (Lipinski definition) is 2. The van der Waals surface area contributed by atoms with Crippen LogP contribution in [0.25, 0.3) is 0 Å². The fourth-order valence-electron chi connectivity index (χ4n) is 1.69. The Bertz CT molecular complexity index is 582. The number of thioether (sulfide) groups is 1. The standard InChI is InChI=1S/C15H15NO3S/c1-15(19,12-5-3-2-4-6-12)10-20-13-8-7-11(9-16-13)14(17)18/h2-9,19H,10H2,1H3,(H,17,18). The average Bonchev–Trinajstić information content (AvgIpc) is 2.46. The van der Waals surface area contributed by atoms with Gasteiger partial charge in [0, 0.05) is 11.9 Å². The van der Waals surface area contributed by atoms with Crippen LogP contribution in [0.15, 0.2) is 53.7 Å². The zero-order valence-corrected chi connectivity index (χ0v) is 11.8. The first-order valence-corrected chi connectivity index (χ1v) is 7.08. The molecule has 0 aliphatic heterocycles. The largest absolute Gasteiger partial charge is 0.478 e. The Balaban J connectivity index is 2.03. The Morgan fingerprint density at radius 2 is 1.95 bits per heavy atom. The molecule has 0 aliphatic carbocycles. The van der Waals surface area contributed by atoms with E-state index in [4.69, 9.17) is 5.11 Å². The number of benzene rings is 1. The first-order chi connectivity index (χ1) is 9.49. The summed E-state index contributed by atoms with van der Waals surface area (Å²) in [4.78, 5) is 14.8. The SMILES string of the molecule is CC(O)(CSc1ccc(C(=O)O)cn1)c1ccccc1. The third kappa shape index (κ3) is 3.59. The van der Waals surface area contributed by atoms with Gasteiger partial charge in [-0.2, -0.15) is 0 Å². The molecule has 1 unspecified atom stereocenters. The number of carbonyl (C=O) groups is 1. The predicted molar refractivity (Wildman–Crippen MR) is 77.9 cm³/mol. The molecule has 2 N–H and O–H groups in total. The van der Waals surface area contributed by atoms with Gasteiger partial charge in [0.25, 0.3) is 0 Å². The molecule has 0 radical (unpaired) electrons. The highest BCUT2D eigenvalue weighted by molar-refractivity contribution is 7.99. The minimum Gasteiger partial charge on any atom is -0.478 e. The summed E-state index contributed by atoms with van der Waals surface area (Å²) in [6, 6.07) is 12.6. The van der Waals surface area contributed by atoms with Crippen LogP contribution in [0.5, 0.6) is 0 Å². The number of aromatic carboxylic acids is 1. The lowest BCUT2D eigenvalue weighted by Crippen LogP contribution is -2.24. The third-order valence-corrected chi connectivity index (χ3v) is 4.12. The average molecular weight is 289 g/mol. The second-order valence-corrected chi connectivity index (χ2v) is 5.61. The lowest BCUT2D eigenvalue weighted by molar-refractivity contribution is 0.0695. The van der Waals surface area contributed by atoms with Gasteiger partial charge in [-0.05, 0) is 24.6 Å². The van der Waals surface area contributed by atoms with Gasteiger partial charge in [0.1, 0.15) is 0 Å². The van der Waals surface area contributed by atoms with Crippen LogP contribution in [0.1, 0.15) is 22.8 Å². The summed E-state index contributed by atoms with van der Waals surface area (Å²) in [5.74, 6) is -0.554. The minimum absolute atomic E-state index is 0.157. The van der Waals surface area contributed by atoms with Gasteiger partial charge in [0.2, 0.25) is 0 Å². The quantitative estimate of drug-likeness (QED) is 0.828. The molecule has 5 heteroatoms. The van der Waals surface area contributed by atoms with Crippen molar-refractivity contribution in [3.05, 3.63) is 59.8 Å². The topological polar surface area (TPSA) is 70.4 Å². The molecule has 0 bridgehead atoms. The molecule has 104 valence electrons. The maximum atomic E-state index is 10.7. The Hall–Kier alpha value is -1.85. The maximum Gasteiger partial charge on any atom is 0.337 e. The van der Waals surface area contributed by atoms with Crippen molar-refractivity contribution in [3.8, 4) is 0 Å². The van der Waals surface area contributed by atoms with Crippen LogP contribution in [0.2, 0.25) is 0 Å². The van der Waals surface area contributed by atoms with E-state index in [0.29, 0.717) is 10.8 Å². The molecule has 0 saturated carbocycles. The van der Waals surface area contributed by atoms with Crippen LogP contribution < -0.4 is 0 Å². The van der Waals surface area contributed by atoms with Crippen molar-refractivity contribution >= 4 is 17.7 Å². The van der Waals surface area contributed by atoms with Crippen LogP contribution in [-0.2, 0) is 5.60 Å². The number of carboxylic acids is 1. The summed E-state index contributed by atoms with van der Waals surface area (Å²) in [5, 5.41) is 19.9. The van der Waals surface area contributed by atoms with Gasteiger partial charge in [0.15, 0.2) is 0 Å². The zero-order chi connectivity index (χ0) is 14.6. The van der Waals surface area contributed by atoms with Crippen molar-refractivity contribution in [1.82, 2.24) is 4.98 Å². The van der Waals surface area contributed by atoms with Crippen LogP contribution in [0, 0.1) is 0 Å². The first kappa shape index (κ1) is 14.6. The van der Waals surface area contributed by atoms with Gasteiger partial charge >= 0.3 is 5.97 Å².